The maximum Gasteiger partial charge on any atom is 0.471 e. The molecule has 120 valence electrons. The third kappa shape index (κ3) is 3.23. The van der Waals surface area contributed by atoms with E-state index >= 15 is 0 Å². The first kappa shape index (κ1) is 16.3. The van der Waals surface area contributed by atoms with E-state index in [0.29, 0.717) is 12.0 Å². The zero-order chi connectivity index (χ0) is 16.5. The van der Waals surface area contributed by atoms with Gasteiger partial charge in [-0.05, 0) is 17.5 Å². The van der Waals surface area contributed by atoms with Gasteiger partial charge in [-0.3, -0.25) is 9.59 Å². The molecule has 0 saturated carbocycles. The molecule has 0 bridgehead atoms. The van der Waals surface area contributed by atoms with E-state index in [0.717, 1.165) is 10.5 Å². The molecule has 0 unspecified atom stereocenters. The lowest BCUT2D eigenvalue weighted by Gasteiger charge is -2.37. The molecule has 1 aromatic carbocycles. The van der Waals surface area contributed by atoms with Gasteiger partial charge in [-0.25, -0.2) is 0 Å². The van der Waals surface area contributed by atoms with Gasteiger partial charge in [0.1, 0.15) is 0 Å². The van der Waals surface area contributed by atoms with Crippen LogP contribution >= 0.6 is 0 Å². The quantitative estimate of drug-likeness (QED) is 0.839. The predicted octanol–water partition coefficient (Wildman–Crippen LogP) is 2.15. The van der Waals surface area contributed by atoms with Gasteiger partial charge in [-0.15, -0.1) is 0 Å². The number of hydrogen-bond donors (Lipinski definition) is 0. The number of halogens is 3. The van der Waals surface area contributed by atoms with Crippen molar-refractivity contribution in [3.8, 4) is 0 Å². The van der Waals surface area contributed by atoms with E-state index in [1.165, 1.54) is 19.0 Å². The Hall–Kier alpha value is -2.05. The summed E-state index contributed by atoms with van der Waals surface area (Å²) in [7, 11) is 3.07. The fourth-order valence-corrected chi connectivity index (χ4v) is 2.63. The van der Waals surface area contributed by atoms with Crippen LogP contribution in [0.25, 0.3) is 0 Å². The summed E-state index contributed by atoms with van der Waals surface area (Å²) >= 11 is 0. The first-order valence-electron chi connectivity index (χ1n) is 6.87. The fraction of sp³-hybridized carbons (Fsp3) is 0.467. The number of alkyl halides is 3. The van der Waals surface area contributed by atoms with Crippen LogP contribution in [0.4, 0.5) is 13.2 Å². The number of rotatable bonds is 2. The van der Waals surface area contributed by atoms with E-state index in [9.17, 15) is 22.8 Å². The second-order valence-corrected chi connectivity index (χ2v) is 5.45. The molecule has 22 heavy (non-hydrogen) atoms. The summed E-state index contributed by atoms with van der Waals surface area (Å²) in [4.78, 5) is 25.7. The second-order valence-electron chi connectivity index (χ2n) is 5.45. The standard InChI is InChI=1S/C15H17F3N2O2/c1-19(2)13(21)9-12-11-6-4-3-5-10(11)7-8-20(12)14(22)15(16,17)18/h3-6,12H,7-9H2,1-2H3/t12-/m1/s1. The molecule has 1 atom stereocenters. The molecule has 0 aromatic heterocycles. The van der Waals surface area contributed by atoms with Crippen molar-refractivity contribution in [1.29, 1.82) is 0 Å². The molecule has 2 rings (SSSR count). The van der Waals surface area contributed by atoms with E-state index in [-0.39, 0.29) is 18.9 Å². The van der Waals surface area contributed by atoms with Gasteiger partial charge in [0, 0.05) is 20.6 Å². The fourth-order valence-electron chi connectivity index (χ4n) is 2.63. The van der Waals surface area contributed by atoms with E-state index in [1.54, 1.807) is 18.2 Å². The molecule has 4 nitrogen and oxygen atoms in total. The van der Waals surface area contributed by atoms with Crippen LogP contribution in [0.15, 0.2) is 24.3 Å². The van der Waals surface area contributed by atoms with Gasteiger partial charge in [0.25, 0.3) is 0 Å². The lowest BCUT2D eigenvalue weighted by molar-refractivity contribution is -0.188. The predicted molar refractivity (Wildman–Crippen MR) is 74.0 cm³/mol. The minimum absolute atomic E-state index is 0.0409. The summed E-state index contributed by atoms with van der Waals surface area (Å²) in [5, 5.41) is 0. The van der Waals surface area contributed by atoms with Gasteiger partial charge in [0.15, 0.2) is 0 Å². The van der Waals surface area contributed by atoms with Crippen molar-refractivity contribution in [2.75, 3.05) is 20.6 Å². The average Bonchev–Trinajstić information content (AvgIpc) is 2.45. The van der Waals surface area contributed by atoms with Crippen molar-refractivity contribution >= 4 is 11.8 Å². The Morgan fingerprint density at radius 1 is 1.27 bits per heavy atom. The van der Waals surface area contributed by atoms with Crippen molar-refractivity contribution in [2.45, 2.75) is 25.1 Å². The van der Waals surface area contributed by atoms with Gasteiger partial charge >= 0.3 is 12.1 Å². The van der Waals surface area contributed by atoms with Crippen molar-refractivity contribution in [2.24, 2.45) is 0 Å². The van der Waals surface area contributed by atoms with Crippen LogP contribution in [0.1, 0.15) is 23.6 Å². The van der Waals surface area contributed by atoms with E-state index in [1.807, 2.05) is 6.07 Å². The number of carbonyl (C=O) groups excluding carboxylic acids is 2. The lowest BCUT2D eigenvalue weighted by Crippen LogP contribution is -2.47. The normalized spacial score (nSPS) is 17.9. The van der Waals surface area contributed by atoms with Gasteiger partial charge in [0.2, 0.25) is 5.91 Å². The largest absolute Gasteiger partial charge is 0.471 e. The Bertz CT molecular complexity index is 584. The summed E-state index contributed by atoms with van der Waals surface area (Å²) in [6, 6.07) is 6.11. The molecule has 1 aromatic rings. The monoisotopic (exact) mass is 314 g/mol. The van der Waals surface area contributed by atoms with Crippen LogP contribution < -0.4 is 0 Å². The van der Waals surface area contributed by atoms with Gasteiger partial charge in [-0.1, -0.05) is 24.3 Å². The zero-order valence-electron chi connectivity index (χ0n) is 12.4. The third-order valence-electron chi connectivity index (χ3n) is 3.78. The van der Waals surface area contributed by atoms with Crippen molar-refractivity contribution < 1.29 is 22.8 Å². The summed E-state index contributed by atoms with van der Waals surface area (Å²) < 4.78 is 38.4. The van der Waals surface area contributed by atoms with E-state index in [4.69, 9.17) is 0 Å². The summed E-state index contributed by atoms with van der Waals surface area (Å²) in [6.07, 6.45) is -4.75. The zero-order valence-corrected chi connectivity index (χ0v) is 12.4. The lowest BCUT2D eigenvalue weighted by atomic mass is 9.90. The molecule has 2 amide bonds. The Balaban J connectivity index is 2.38. The Morgan fingerprint density at radius 2 is 1.91 bits per heavy atom. The highest BCUT2D eigenvalue weighted by Crippen LogP contribution is 2.35. The smallest absolute Gasteiger partial charge is 0.349 e. The molecule has 0 fully saturated rings. The maximum absolute atomic E-state index is 12.8. The summed E-state index contributed by atoms with van der Waals surface area (Å²) in [5.41, 5.74) is 1.49. The van der Waals surface area contributed by atoms with Gasteiger partial charge in [-0.2, -0.15) is 13.2 Å². The van der Waals surface area contributed by atoms with E-state index < -0.39 is 18.1 Å². The van der Waals surface area contributed by atoms with Crippen LogP contribution in [-0.4, -0.2) is 48.4 Å². The van der Waals surface area contributed by atoms with E-state index in [2.05, 4.69) is 0 Å². The topological polar surface area (TPSA) is 40.6 Å². The molecule has 0 saturated heterocycles. The molecule has 1 heterocycles. The Labute approximate surface area is 126 Å². The SMILES string of the molecule is CN(C)C(=O)C[C@@H]1c2ccccc2CCN1C(=O)C(F)(F)F. The molecule has 0 N–H and O–H groups in total. The number of carbonyl (C=O) groups is 2. The van der Waals surface area contributed by atoms with Crippen LogP contribution in [0, 0.1) is 0 Å². The van der Waals surface area contributed by atoms with Crippen LogP contribution in [0.2, 0.25) is 0 Å². The number of hydrogen-bond acceptors (Lipinski definition) is 2. The number of benzene rings is 1. The molecule has 7 heteroatoms. The van der Waals surface area contributed by atoms with Crippen LogP contribution in [-0.2, 0) is 16.0 Å². The molecule has 1 aliphatic rings. The van der Waals surface area contributed by atoms with Crippen LogP contribution in [0.5, 0.6) is 0 Å². The molecular weight excluding hydrogens is 297 g/mol. The van der Waals surface area contributed by atoms with Crippen molar-refractivity contribution in [1.82, 2.24) is 9.80 Å². The minimum Gasteiger partial charge on any atom is -0.349 e. The maximum atomic E-state index is 12.8. The highest BCUT2D eigenvalue weighted by molar-refractivity contribution is 5.84. The highest BCUT2D eigenvalue weighted by atomic mass is 19.4. The second kappa shape index (κ2) is 5.98. The van der Waals surface area contributed by atoms with Gasteiger partial charge in [0.05, 0.1) is 12.5 Å². The Kier molecular flexibility index (Phi) is 4.44. The van der Waals surface area contributed by atoms with Crippen LogP contribution in [0.3, 0.4) is 0 Å². The molecule has 1 aliphatic heterocycles. The van der Waals surface area contributed by atoms with Crippen molar-refractivity contribution in [3.05, 3.63) is 35.4 Å². The first-order chi connectivity index (χ1) is 10.2. The van der Waals surface area contributed by atoms with Crippen molar-refractivity contribution in [3.63, 3.8) is 0 Å². The average molecular weight is 314 g/mol. The Morgan fingerprint density at radius 3 is 2.50 bits per heavy atom. The highest BCUT2D eigenvalue weighted by Gasteiger charge is 2.46. The van der Waals surface area contributed by atoms with Gasteiger partial charge < -0.3 is 9.80 Å². The molecule has 0 aliphatic carbocycles. The summed E-state index contributed by atoms with van der Waals surface area (Å²) in [5.74, 6) is -2.21. The number of fused-ring (bicyclic) bond motifs is 1. The number of nitrogens with zero attached hydrogens (tertiary/aromatic N) is 2. The first-order valence-corrected chi connectivity index (χ1v) is 6.87. The third-order valence-corrected chi connectivity index (χ3v) is 3.78. The number of amides is 2. The minimum atomic E-state index is -4.94. The molecular formula is C15H17F3N2O2. The molecule has 0 spiro atoms. The molecule has 0 radical (unpaired) electrons. The summed E-state index contributed by atoms with van der Waals surface area (Å²) in [6.45, 7) is -0.0409.